The number of hydrogen-bond donors (Lipinski definition) is 2. The second-order valence-electron chi connectivity index (χ2n) is 8.25. The van der Waals surface area contributed by atoms with Crippen molar-refractivity contribution in [2.45, 2.75) is 56.3 Å². The van der Waals surface area contributed by atoms with Crippen LogP contribution in [0.2, 0.25) is 0 Å². The monoisotopic (exact) mass is 460 g/mol. The highest BCUT2D eigenvalue weighted by Gasteiger charge is 2.35. The highest BCUT2D eigenvalue weighted by molar-refractivity contribution is 5.28. The molecule has 4 rings (SSSR count). The molecule has 0 saturated carbocycles. The fourth-order valence-electron chi connectivity index (χ4n) is 4.10. The van der Waals surface area contributed by atoms with Gasteiger partial charge >= 0.3 is 0 Å². The number of ether oxygens (including phenoxy) is 6. The Hall–Kier alpha value is -2.20. The van der Waals surface area contributed by atoms with Crippen molar-refractivity contribution in [3.8, 4) is 11.5 Å². The summed E-state index contributed by atoms with van der Waals surface area (Å²) in [6.07, 6.45) is -2.50. The van der Waals surface area contributed by atoms with Crippen molar-refractivity contribution in [2.24, 2.45) is 0 Å². The molecule has 0 unspecified atom stereocenters. The minimum atomic E-state index is -0.851. The summed E-state index contributed by atoms with van der Waals surface area (Å²) in [5.41, 5.74) is 1.70. The zero-order valence-corrected chi connectivity index (χ0v) is 19.0. The molecule has 2 aliphatic heterocycles. The third-order valence-corrected chi connectivity index (χ3v) is 6.06. The van der Waals surface area contributed by atoms with Gasteiger partial charge in [-0.25, -0.2) is 0 Å². The first kappa shape index (κ1) is 23.9. The molecule has 0 spiro atoms. The molecule has 2 aromatic carbocycles. The van der Waals surface area contributed by atoms with E-state index in [1.807, 2.05) is 48.5 Å². The fourth-order valence-corrected chi connectivity index (χ4v) is 4.10. The Bertz CT molecular complexity index is 784. The van der Waals surface area contributed by atoms with E-state index >= 15 is 0 Å². The Morgan fingerprint density at radius 3 is 1.48 bits per heavy atom. The standard InChI is InChI=1S/C25H32O8/c1-28-18-7-3-16(4-8-18)24-30-13-11-22(32-24)20(26)15-21(27)23-12-14-31-25(33-23)17-5-9-19(29-2)10-6-17/h3-10,20-27H,11-15H2,1-2H3/t20-,21+,22-,23+,24-,25+. The summed E-state index contributed by atoms with van der Waals surface area (Å²) in [6, 6.07) is 14.9. The van der Waals surface area contributed by atoms with E-state index in [-0.39, 0.29) is 6.42 Å². The second-order valence-corrected chi connectivity index (χ2v) is 8.25. The van der Waals surface area contributed by atoms with Crippen molar-refractivity contribution in [3.05, 3.63) is 59.7 Å². The molecule has 2 N–H and O–H groups in total. The molecule has 0 amide bonds. The largest absolute Gasteiger partial charge is 0.497 e. The van der Waals surface area contributed by atoms with Gasteiger partial charge in [-0.05, 0) is 37.1 Å². The Kier molecular flexibility index (Phi) is 8.19. The summed E-state index contributed by atoms with van der Waals surface area (Å²) in [5.74, 6) is 1.50. The van der Waals surface area contributed by atoms with Crippen molar-refractivity contribution >= 4 is 0 Å². The zero-order chi connectivity index (χ0) is 23.2. The summed E-state index contributed by atoms with van der Waals surface area (Å²) in [6.45, 7) is 0.920. The lowest BCUT2D eigenvalue weighted by molar-refractivity contribution is -0.253. The minimum Gasteiger partial charge on any atom is -0.497 e. The maximum absolute atomic E-state index is 10.8. The van der Waals surface area contributed by atoms with Crippen molar-refractivity contribution < 1.29 is 38.6 Å². The Labute approximate surface area is 193 Å². The van der Waals surface area contributed by atoms with Gasteiger partial charge in [0.1, 0.15) is 11.5 Å². The van der Waals surface area contributed by atoms with E-state index in [1.165, 1.54) is 0 Å². The van der Waals surface area contributed by atoms with Gasteiger partial charge in [0.25, 0.3) is 0 Å². The Morgan fingerprint density at radius 2 is 1.12 bits per heavy atom. The average Bonchev–Trinajstić information content (AvgIpc) is 2.89. The molecule has 8 heteroatoms. The number of methoxy groups -OCH3 is 2. The van der Waals surface area contributed by atoms with Gasteiger partial charge in [-0.3, -0.25) is 0 Å². The van der Waals surface area contributed by atoms with Crippen molar-refractivity contribution in [3.63, 3.8) is 0 Å². The predicted molar refractivity (Wildman–Crippen MR) is 119 cm³/mol. The number of benzene rings is 2. The Morgan fingerprint density at radius 1 is 0.727 bits per heavy atom. The first-order valence-electron chi connectivity index (χ1n) is 11.3. The van der Waals surface area contributed by atoms with Crippen molar-refractivity contribution in [1.29, 1.82) is 0 Å². The molecule has 0 aromatic heterocycles. The summed E-state index contributed by atoms with van der Waals surface area (Å²) in [7, 11) is 3.23. The second kappa shape index (κ2) is 11.3. The molecular formula is C25H32O8. The van der Waals surface area contributed by atoms with E-state index in [9.17, 15) is 10.2 Å². The van der Waals surface area contributed by atoms with E-state index < -0.39 is 37.0 Å². The van der Waals surface area contributed by atoms with Gasteiger partial charge < -0.3 is 38.6 Å². The highest BCUT2D eigenvalue weighted by atomic mass is 16.7. The maximum Gasteiger partial charge on any atom is 0.184 e. The molecule has 2 fully saturated rings. The molecule has 2 heterocycles. The fraction of sp³-hybridized carbons (Fsp3) is 0.520. The van der Waals surface area contributed by atoms with Crippen LogP contribution in [0.4, 0.5) is 0 Å². The molecule has 2 aromatic rings. The molecule has 8 nitrogen and oxygen atoms in total. The predicted octanol–water partition coefficient (Wildman–Crippen LogP) is 3.12. The summed E-state index contributed by atoms with van der Waals surface area (Å²) in [4.78, 5) is 0. The average molecular weight is 461 g/mol. The van der Waals surface area contributed by atoms with Gasteiger partial charge in [0, 0.05) is 17.5 Å². The smallest absolute Gasteiger partial charge is 0.184 e. The summed E-state index contributed by atoms with van der Waals surface area (Å²) < 4.78 is 33.9. The molecule has 0 bridgehead atoms. The third kappa shape index (κ3) is 6.03. The molecular weight excluding hydrogens is 428 g/mol. The lowest BCUT2D eigenvalue weighted by Gasteiger charge is -2.36. The van der Waals surface area contributed by atoms with Gasteiger partial charge in [-0.1, -0.05) is 24.3 Å². The van der Waals surface area contributed by atoms with Crippen molar-refractivity contribution in [2.75, 3.05) is 27.4 Å². The van der Waals surface area contributed by atoms with E-state index in [1.54, 1.807) is 14.2 Å². The number of aliphatic hydroxyl groups is 2. The molecule has 0 aliphatic carbocycles. The molecule has 33 heavy (non-hydrogen) atoms. The van der Waals surface area contributed by atoms with Crippen LogP contribution in [0.5, 0.6) is 11.5 Å². The van der Waals surface area contributed by atoms with Crippen LogP contribution < -0.4 is 9.47 Å². The van der Waals surface area contributed by atoms with Gasteiger partial charge in [0.2, 0.25) is 0 Å². The molecule has 2 aliphatic rings. The van der Waals surface area contributed by atoms with Gasteiger partial charge in [0.15, 0.2) is 12.6 Å². The SMILES string of the molecule is COc1ccc([C@@H]2OCC[C@H]([C@H](O)C[C@H](O)[C@@H]3CCO[C@H](c4ccc(OC)cc4)O3)O2)cc1. The molecule has 6 atom stereocenters. The van der Waals surface area contributed by atoms with Crippen LogP contribution in [0.3, 0.4) is 0 Å². The zero-order valence-electron chi connectivity index (χ0n) is 19.0. The van der Waals surface area contributed by atoms with E-state index in [2.05, 4.69) is 0 Å². The molecule has 0 radical (unpaired) electrons. The quantitative estimate of drug-likeness (QED) is 0.621. The summed E-state index contributed by atoms with van der Waals surface area (Å²) in [5, 5.41) is 21.6. The van der Waals surface area contributed by atoms with Gasteiger partial charge in [-0.15, -0.1) is 0 Å². The van der Waals surface area contributed by atoms with E-state index in [0.29, 0.717) is 26.1 Å². The van der Waals surface area contributed by atoms with Crippen LogP contribution in [0.15, 0.2) is 48.5 Å². The van der Waals surface area contributed by atoms with Crippen LogP contribution in [-0.4, -0.2) is 62.1 Å². The van der Waals surface area contributed by atoms with Gasteiger partial charge in [-0.2, -0.15) is 0 Å². The first-order valence-corrected chi connectivity index (χ1v) is 11.3. The van der Waals surface area contributed by atoms with Crippen LogP contribution in [0, 0.1) is 0 Å². The lowest BCUT2D eigenvalue weighted by atomic mass is 9.98. The maximum atomic E-state index is 10.8. The number of aliphatic hydroxyl groups excluding tert-OH is 2. The molecule has 2 saturated heterocycles. The van der Waals surface area contributed by atoms with Crippen LogP contribution in [0.25, 0.3) is 0 Å². The van der Waals surface area contributed by atoms with Crippen LogP contribution >= 0.6 is 0 Å². The third-order valence-electron chi connectivity index (χ3n) is 6.06. The minimum absolute atomic E-state index is 0.139. The Balaban J connectivity index is 1.31. The first-order chi connectivity index (χ1) is 16.1. The van der Waals surface area contributed by atoms with Crippen LogP contribution in [-0.2, 0) is 18.9 Å². The molecule has 180 valence electrons. The van der Waals surface area contributed by atoms with E-state index in [0.717, 1.165) is 22.6 Å². The number of hydrogen-bond acceptors (Lipinski definition) is 8. The van der Waals surface area contributed by atoms with Gasteiger partial charge in [0.05, 0.1) is 51.8 Å². The van der Waals surface area contributed by atoms with Crippen LogP contribution in [0.1, 0.15) is 43.0 Å². The topological polar surface area (TPSA) is 95.8 Å². The van der Waals surface area contributed by atoms with Crippen molar-refractivity contribution in [1.82, 2.24) is 0 Å². The summed E-state index contributed by atoms with van der Waals surface area (Å²) >= 11 is 0. The number of rotatable bonds is 8. The lowest BCUT2D eigenvalue weighted by Crippen LogP contribution is -2.43. The van der Waals surface area contributed by atoms with E-state index in [4.69, 9.17) is 28.4 Å². The highest BCUT2D eigenvalue weighted by Crippen LogP contribution is 2.32. The normalized spacial score (nSPS) is 27.5.